The smallest absolute Gasteiger partial charge is 0.338 e. The molecular formula is C14H11NO4. The molecule has 0 aliphatic carbocycles. The van der Waals surface area contributed by atoms with Gasteiger partial charge in [-0.25, -0.2) is 9.69 Å². The van der Waals surface area contributed by atoms with Crippen LogP contribution in [0.3, 0.4) is 0 Å². The van der Waals surface area contributed by atoms with Crippen LogP contribution in [0.4, 0.5) is 5.69 Å². The van der Waals surface area contributed by atoms with Gasteiger partial charge in [-0.1, -0.05) is 6.58 Å². The second-order valence-corrected chi connectivity index (χ2v) is 4.01. The van der Waals surface area contributed by atoms with Crippen LogP contribution >= 0.6 is 0 Å². The standard InChI is InChI=1S/C14H11NO4/c1-9(2)14(18)19-11-5-3-10(4-6-11)15-12(16)7-8-13(15)17/h3-8H,1H2,2H3. The molecular weight excluding hydrogens is 246 g/mol. The van der Waals surface area contributed by atoms with E-state index in [0.717, 1.165) is 4.90 Å². The molecule has 0 bridgehead atoms. The average molecular weight is 257 g/mol. The van der Waals surface area contributed by atoms with Crippen LogP contribution in [0.1, 0.15) is 6.92 Å². The minimum atomic E-state index is -0.525. The Hall–Kier alpha value is -2.69. The van der Waals surface area contributed by atoms with Crippen LogP contribution in [0.2, 0.25) is 0 Å². The predicted molar refractivity (Wildman–Crippen MR) is 68.5 cm³/mol. The number of ether oxygens (including phenoxy) is 1. The molecule has 1 aliphatic rings. The normalized spacial score (nSPS) is 13.8. The second kappa shape index (κ2) is 4.89. The Labute approximate surface area is 109 Å². The molecule has 1 aliphatic heterocycles. The molecule has 5 nitrogen and oxygen atoms in total. The van der Waals surface area contributed by atoms with Crippen molar-refractivity contribution in [3.05, 3.63) is 48.6 Å². The molecule has 0 unspecified atom stereocenters. The van der Waals surface area contributed by atoms with Gasteiger partial charge in [-0.3, -0.25) is 9.59 Å². The first-order valence-corrected chi connectivity index (χ1v) is 5.53. The van der Waals surface area contributed by atoms with Crippen LogP contribution in [0, 0.1) is 0 Å². The zero-order valence-corrected chi connectivity index (χ0v) is 10.3. The van der Waals surface area contributed by atoms with E-state index in [9.17, 15) is 14.4 Å². The summed E-state index contributed by atoms with van der Waals surface area (Å²) in [6, 6.07) is 6.08. The Balaban J connectivity index is 2.15. The minimum Gasteiger partial charge on any atom is -0.423 e. The molecule has 1 heterocycles. The summed E-state index contributed by atoms with van der Waals surface area (Å²) < 4.78 is 5.00. The first-order chi connectivity index (χ1) is 8.99. The maximum Gasteiger partial charge on any atom is 0.338 e. The van der Waals surface area contributed by atoms with Gasteiger partial charge in [-0.2, -0.15) is 0 Å². The zero-order chi connectivity index (χ0) is 14.0. The maximum atomic E-state index is 11.5. The van der Waals surface area contributed by atoms with Gasteiger partial charge in [0, 0.05) is 17.7 Å². The number of anilines is 1. The fraction of sp³-hybridized carbons (Fsp3) is 0.0714. The number of nitrogens with zero attached hydrogens (tertiary/aromatic N) is 1. The van der Waals surface area contributed by atoms with E-state index in [4.69, 9.17) is 4.74 Å². The Kier molecular flexibility index (Phi) is 3.29. The highest BCUT2D eigenvalue weighted by atomic mass is 16.5. The number of imide groups is 1. The molecule has 0 saturated heterocycles. The van der Waals surface area contributed by atoms with Gasteiger partial charge < -0.3 is 4.74 Å². The van der Waals surface area contributed by atoms with E-state index in [1.807, 2.05) is 0 Å². The van der Waals surface area contributed by atoms with Crippen LogP contribution < -0.4 is 9.64 Å². The SMILES string of the molecule is C=C(C)C(=O)Oc1ccc(N2C(=O)C=CC2=O)cc1. The van der Waals surface area contributed by atoms with Gasteiger partial charge in [-0.15, -0.1) is 0 Å². The third-order valence-electron chi connectivity index (χ3n) is 2.46. The molecule has 0 saturated carbocycles. The highest BCUT2D eigenvalue weighted by Crippen LogP contribution is 2.22. The van der Waals surface area contributed by atoms with Crippen LogP contribution in [0.5, 0.6) is 5.75 Å². The zero-order valence-electron chi connectivity index (χ0n) is 10.3. The summed E-state index contributed by atoms with van der Waals surface area (Å²) in [6.45, 7) is 5.02. The van der Waals surface area contributed by atoms with E-state index >= 15 is 0 Å². The van der Waals surface area contributed by atoms with Crippen LogP contribution in [0.15, 0.2) is 48.6 Å². The van der Waals surface area contributed by atoms with E-state index < -0.39 is 17.8 Å². The van der Waals surface area contributed by atoms with Crippen molar-refractivity contribution in [1.29, 1.82) is 0 Å². The third-order valence-corrected chi connectivity index (χ3v) is 2.46. The van der Waals surface area contributed by atoms with Crippen molar-refractivity contribution in [3.63, 3.8) is 0 Å². The molecule has 96 valence electrons. The van der Waals surface area contributed by atoms with Gasteiger partial charge in [0.15, 0.2) is 0 Å². The lowest BCUT2D eigenvalue weighted by atomic mass is 10.2. The molecule has 5 heteroatoms. The van der Waals surface area contributed by atoms with Gasteiger partial charge in [0.2, 0.25) is 0 Å². The van der Waals surface area contributed by atoms with Gasteiger partial charge in [-0.05, 0) is 31.2 Å². The molecule has 19 heavy (non-hydrogen) atoms. The summed E-state index contributed by atoms with van der Waals surface area (Å²) in [5.74, 6) is -0.986. The quantitative estimate of drug-likeness (QED) is 0.357. The second-order valence-electron chi connectivity index (χ2n) is 4.01. The highest BCUT2D eigenvalue weighted by molar-refractivity contribution is 6.28. The number of hydrogen-bond acceptors (Lipinski definition) is 4. The van der Waals surface area contributed by atoms with E-state index in [-0.39, 0.29) is 5.57 Å². The van der Waals surface area contributed by atoms with Crippen LogP contribution in [-0.2, 0) is 14.4 Å². The Morgan fingerprint density at radius 3 is 2.11 bits per heavy atom. The van der Waals surface area contributed by atoms with Crippen molar-refractivity contribution in [3.8, 4) is 5.75 Å². The molecule has 0 aromatic heterocycles. The van der Waals surface area contributed by atoms with E-state index in [0.29, 0.717) is 11.4 Å². The topological polar surface area (TPSA) is 63.7 Å². The van der Waals surface area contributed by atoms with Gasteiger partial charge >= 0.3 is 5.97 Å². The first kappa shape index (κ1) is 12.8. The van der Waals surface area contributed by atoms with Crippen LogP contribution in [0.25, 0.3) is 0 Å². The number of carbonyl (C=O) groups excluding carboxylic acids is 3. The van der Waals surface area contributed by atoms with Crippen molar-refractivity contribution in [1.82, 2.24) is 0 Å². The number of amides is 2. The molecule has 0 atom stereocenters. The summed E-state index contributed by atoms with van der Waals surface area (Å²) in [7, 11) is 0. The van der Waals surface area contributed by atoms with E-state index in [1.165, 1.54) is 36.4 Å². The molecule has 0 N–H and O–H groups in total. The molecule has 2 rings (SSSR count). The summed E-state index contributed by atoms with van der Waals surface area (Å²) in [5.41, 5.74) is 0.716. The fourth-order valence-electron chi connectivity index (χ4n) is 1.51. The van der Waals surface area contributed by atoms with Crippen molar-refractivity contribution >= 4 is 23.5 Å². The average Bonchev–Trinajstić information content (AvgIpc) is 2.70. The molecule has 2 amide bonds. The number of benzene rings is 1. The summed E-state index contributed by atoms with van der Waals surface area (Å²) in [5, 5.41) is 0. The lowest BCUT2D eigenvalue weighted by Crippen LogP contribution is -2.29. The Morgan fingerprint density at radius 1 is 1.11 bits per heavy atom. The lowest BCUT2D eigenvalue weighted by molar-refractivity contribution is -0.130. The summed E-state index contributed by atoms with van der Waals surface area (Å²) in [4.78, 5) is 35.3. The minimum absolute atomic E-state index is 0.290. The van der Waals surface area contributed by atoms with Crippen molar-refractivity contribution in [2.24, 2.45) is 0 Å². The number of rotatable bonds is 3. The van der Waals surface area contributed by atoms with Crippen molar-refractivity contribution < 1.29 is 19.1 Å². The van der Waals surface area contributed by atoms with E-state index in [2.05, 4.69) is 6.58 Å². The highest BCUT2D eigenvalue weighted by Gasteiger charge is 2.24. The molecule has 0 fully saturated rings. The molecule has 0 radical (unpaired) electrons. The van der Waals surface area contributed by atoms with Gasteiger partial charge in [0.05, 0.1) is 5.69 Å². The van der Waals surface area contributed by atoms with Crippen molar-refractivity contribution in [2.45, 2.75) is 6.92 Å². The Bertz CT molecular complexity index is 580. The largest absolute Gasteiger partial charge is 0.423 e. The summed E-state index contributed by atoms with van der Waals surface area (Å²) in [6.07, 6.45) is 2.41. The predicted octanol–water partition coefficient (Wildman–Crippen LogP) is 1.60. The molecule has 0 spiro atoms. The van der Waals surface area contributed by atoms with Crippen molar-refractivity contribution in [2.75, 3.05) is 4.90 Å². The fourth-order valence-corrected chi connectivity index (χ4v) is 1.51. The summed E-state index contributed by atoms with van der Waals surface area (Å²) >= 11 is 0. The van der Waals surface area contributed by atoms with E-state index in [1.54, 1.807) is 6.92 Å². The van der Waals surface area contributed by atoms with Gasteiger partial charge in [0.1, 0.15) is 5.75 Å². The Morgan fingerprint density at radius 2 is 1.63 bits per heavy atom. The van der Waals surface area contributed by atoms with Crippen LogP contribution in [-0.4, -0.2) is 17.8 Å². The molecule has 1 aromatic carbocycles. The van der Waals surface area contributed by atoms with Gasteiger partial charge in [0.25, 0.3) is 11.8 Å². The number of hydrogen-bond donors (Lipinski definition) is 0. The number of carbonyl (C=O) groups is 3. The third kappa shape index (κ3) is 2.60. The first-order valence-electron chi connectivity index (χ1n) is 5.53. The maximum absolute atomic E-state index is 11.5. The lowest BCUT2D eigenvalue weighted by Gasteiger charge is -2.14. The molecule has 1 aromatic rings. The monoisotopic (exact) mass is 257 g/mol. The number of esters is 1.